The summed E-state index contributed by atoms with van der Waals surface area (Å²) in [6.45, 7) is 6.15. The lowest BCUT2D eigenvalue weighted by Gasteiger charge is -2.32. The normalized spacial score (nSPS) is 17.9. The number of nitrogens with one attached hydrogen (secondary N) is 1. The number of aromatic nitrogens is 5. The topological polar surface area (TPSA) is 104 Å². The highest BCUT2D eigenvalue weighted by Gasteiger charge is 2.32. The van der Waals surface area contributed by atoms with Gasteiger partial charge in [0.2, 0.25) is 5.62 Å². The molecular formula is C29H35N7O2. The van der Waals surface area contributed by atoms with Crippen LogP contribution in [-0.2, 0) is 13.6 Å². The van der Waals surface area contributed by atoms with Gasteiger partial charge in [0.25, 0.3) is 5.91 Å². The molecule has 4 aromatic rings. The van der Waals surface area contributed by atoms with Crippen molar-refractivity contribution in [3.8, 4) is 11.3 Å². The molecule has 0 atom stereocenters. The second-order valence-electron chi connectivity index (χ2n) is 11.4. The quantitative estimate of drug-likeness (QED) is 0.410. The first kappa shape index (κ1) is 24.8. The summed E-state index contributed by atoms with van der Waals surface area (Å²) in [6, 6.07) is 10.7. The summed E-state index contributed by atoms with van der Waals surface area (Å²) in [4.78, 5) is 28.2. The van der Waals surface area contributed by atoms with Gasteiger partial charge in [-0.05, 0) is 88.4 Å². The molecule has 1 saturated carbocycles. The molecule has 9 heteroatoms. The van der Waals surface area contributed by atoms with Gasteiger partial charge in [0, 0.05) is 36.6 Å². The number of fused-ring (bicyclic) bond motifs is 1. The van der Waals surface area contributed by atoms with Crippen molar-refractivity contribution in [2.75, 3.05) is 13.1 Å². The summed E-state index contributed by atoms with van der Waals surface area (Å²) in [6.07, 6.45) is 10.2. The first-order chi connectivity index (χ1) is 18.2. The fourth-order valence-corrected chi connectivity index (χ4v) is 5.55. The van der Waals surface area contributed by atoms with Crippen LogP contribution in [0.3, 0.4) is 0 Å². The highest BCUT2D eigenvalue weighted by atomic mass is 16.3. The second-order valence-corrected chi connectivity index (χ2v) is 11.4. The minimum atomic E-state index is -0.981. The largest absolute Gasteiger partial charge is 0.389 e. The van der Waals surface area contributed by atoms with Gasteiger partial charge in [0.1, 0.15) is 0 Å². The van der Waals surface area contributed by atoms with Crippen molar-refractivity contribution < 1.29 is 9.90 Å². The number of H-pyrrole nitrogens is 1. The number of hydrogen-bond acceptors (Lipinski definition) is 5. The van der Waals surface area contributed by atoms with Crippen LogP contribution in [-0.4, -0.2) is 65.0 Å². The molecule has 3 aromatic heterocycles. The predicted molar refractivity (Wildman–Crippen MR) is 145 cm³/mol. The molecule has 2 N–H and O–H groups in total. The number of rotatable bonds is 6. The van der Waals surface area contributed by atoms with Crippen molar-refractivity contribution in [3.05, 3.63) is 65.7 Å². The standard InChI is InChI=1S/C29H35N7O2/c1-29(2,38)18-36-26-7-4-20(19-9-12-35(13-10-19)23-5-6-23)14-25(26)32-28(36)33-27(37)21-8-11-30-24(15-21)22-16-31-34(3)17-22/h4,7-8,11,14-17,19,23,38H,5-6,9-10,12-13,18H2,1-3H3,(H,32,33,37). The number of carbonyl (C=O) groups excluding carboxylic acids is 1. The van der Waals surface area contributed by atoms with Crippen molar-refractivity contribution >= 4 is 16.9 Å². The number of nitrogens with zero attached hydrogens (tertiary/aromatic N) is 6. The average Bonchev–Trinajstić information content (AvgIpc) is 3.58. The van der Waals surface area contributed by atoms with E-state index in [4.69, 9.17) is 0 Å². The fourth-order valence-electron chi connectivity index (χ4n) is 5.55. The Morgan fingerprint density at radius 1 is 1.16 bits per heavy atom. The Hall–Kier alpha value is -3.56. The Kier molecular flexibility index (Phi) is 6.28. The maximum Gasteiger partial charge on any atom is 0.280 e. The second kappa shape index (κ2) is 9.63. The van der Waals surface area contributed by atoms with Gasteiger partial charge in [0.05, 0.1) is 35.1 Å². The maximum absolute atomic E-state index is 13.3. The van der Waals surface area contributed by atoms with E-state index in [0.29, 0.717) is 29.3 Å². The number of aromatic amines is 1. The zero-order chi connectivity index (χ0) is 26.4. The summed E-state index contributed by atoms with van der Waals surface area (Å²) < 4.78 is 3.60. The van der Waals surface area contributed by atoms with Gasteiger partial charge in [-0.2, -0.15) is 10.1 Å². The van der Waals surface area contributed by atoms with Gasteiger partial charge in [-0.25, -0.2) is 0 Å². The van der Waals surface area contributed by atoms with Gasteiger partial charge in [0.15, 0.2) is 0 Å². The molecule has 1 aliphatic carbocycles. The first-order valence-corrected chi connectivity index (χ1v) is 13.5. The lowest BCUT2D eigenvalue weighted by Crippen LogP contribution is -2.34. The van der Waals surface area contributed by atoms with Crippen molar-refractivity contribution in [3.63, 3.8) is 0 Å². The van der Waals surface area contributed by atoms with Gasteiger partial charge in [-0.1, -0.05) is 6.07 Å². The third kappa shape index (κ3) is 5.21. The SMILES string of the molecule is Cn1cc(-c2cc(C(=O)/N=c3\[nH]c4cc(C5CCN(C6CC6)CC5)ccc4n3CC(C)(C)O)ccn2)cn1. The Morgan fingerprint density at radius 2 is 1.95 bits per heavy atom. The van der Waals surface area contributed by atoms with Gasteiger partial charge in [-0.15, -0.1) is 0 Å². The number of pyridine rings is 1. The van der Waals surface area contributed by atoms with E-state index < -0.39 is 5.60 Å². The number of piperidine rings is 1. The lowest BCUT2D eigenvalue weighted by molar-refractivity contribution is 0.0612. The van der Waals surface area contributed by atoms with Crippen LogP contribution >= 0.6 is 0 Å². The molecule has 1 aliphatic heterocycles. The molecule has 0 unspecified atom stereocenters. The van der Waals surface area contributed by atoms with Crippen LogP contribution in [0.25, 0.3) is 22.3 Å². The molecule has 9 nitrogen and oxygen atoms in total. The van der Waals surface area contributed by atoms with E-state index in [-0.39, 0.29) is 5.91 Å². The lowest BCUT2D eigenvalue weighted by atomic mass is 9.89. The number of aryl methyl sites for hydroxylation is 1. The molecule has 2 aliphatic rings. The summed E-state index contributed by atoms with van der Waals surface area (Å²) in [5, 5.41) is 14.8. The molecule has 0 spiro atoms. The van der Waals surface area contributed by atoms with E-state index >= 15 is 0 Å². The zero-order valence-electron chi connectivity index (χ0n) is 22.3. The number of benzene rings is 1. The summed E-state index contributed by atoms with van der Waals surface area (Å²) in [7, 11) is 1.84. The van der Waals surface area contributed by atoms with E-state index in [2.05, 4.69) is 43.2 Å². The molecule has 1 saturated heterocycles. The van der Waals surface area contributed by atoms with E-state index in [0.717, 1.165) is 22.6 Å². The summed E-state index contributed by atoms with van der Waals surface area (Å²) in [5.41, 5.74) is 4.54. The Morgan fingerprint density at radius 3 is 2.63 bits per heavy atom. The van der Waals surface area contributed by atoms with Crippen LogP contribution in [0.5, 0.6) is 0 Å². The minimum Gasteiger partial charge on any atom is -0.389 e. The van der Waals surface area contributed by atoms with Crippen LogP contribution < -0.4 is 5.62 Å². The smallest absolute Gasteiger partial charge is 0.280 e. The van der Waals surface area contributed by atoms with Crippen LogP contribution in [0, 0.1) is 0 Å². The maximum atomic E-state index is 13.3. The third-order valence-electron chi connectivity index (χ3n) is 7.64. The van der Waals surface area contributed by atoms with Crippen molar-refractivity contribution in [2.45, 2.75) is 63.6 Å². The molecule has 198 valence electrons. The molecule has 0 radical (unpaired) electrons. The first-order valence-electron chi connectivity index (χ1n) is 13.5. The molecule has 0 bridgehead atoms. The summed E-state index contributed by atoms with van der Waals surface area (Å²) >= 11 is 0. The third-order valence-corrected chi connectivity index (χ3v) is 7.64. The molecule has 38 heavy (non-hydrogen) atoms. The highest BCUT2D eigenvalue weighted by Crippen LogP contribution is 2.35. The van der Waals surface area contributed by atoms with E-state index in [1.54, 1.807) is 43.1 Å². The number of amides is 1. The molecule has 4 heterocycles. The van der Waals surface area contributed by atoms with Crippen LogP contribution in [0.4, 0.5) is 0 Å². The van der Waals surface area contributed by atoms with E-state index in [1.165, 1.54) is 44.3 Å². The summed E-state index contributed by atoms with van der Waals surface area (Å²) in [5.74, 6) is 0.159. The van der Waals surface area contributed by atoms with Gasteiger partial charge in [-0.3, -0.25) is 14.5 Å². The average molecular weight is 514 g/mol. The highest BCUT2D eigenvalue weighted by molar-refractivity contribution is 5.95. The molecule has 1 aromatic carbocycles. The Bertz CT molecular complexity index is 1540. The zero-order valence-corrected chi connectivity index (χ0v) is 22.3. The number of aliphatic hydroxyl groups is 1. The van der Waals surface area contributed by atoms with Crippen LogP contribution in [0.1, 0.15) is 61.4 Å². The molecule has 1 amide bonds. The fraction of sp³-hybridized carbons (Fsp3) is 0.448. The monoisotopic (exact) mass is 513 g/mol. The molecule has 6 rings (SSSR count). The molecule has 2 fully saturated rings. The Labute approximate surface area is 221 Å². The van der Waals surface area contributed by atoms with Crippen molar-refractivity contribution in [1.29, 1.82) is 0 Å². The minimum absolute atomic E-state index is 0.301. The van der Waals surface area contributed by atoms with E-state index in [9.17, 15) is 9.90 Å². The van der Waals surface area contributed by atoms with Gasteiger partial charge < -0.3 is 19.6 Å². The van der Waals surface area contributed by atoms with Crippen LogP contribution in [0.15, 0.2) is 53.9 Å². The number of hydrogen-bond donors (Lipinski definition) is 2. The predicted octanol–water partition coefficient (Wildman–Crippen LogP) is 3.62. The number of imidazole rings is 1. The van der Waals surface area contributed by atoms with E-state index in [1.807, 2.05) is 17.8 Å². The van der Waals surface area contributed by atoms with Crippen molar-refractivity contribution in [1.82, 2.24) is 29.2 Å². The number of likely N-dealkylation sites (tertiary alicyclic amines) is 1. The number of carbonyl (C=O) groups is 1. The van der Waals surface area contributed by atoms with Gasteiger partial charge >= 0.3 is 0 Å². The molecular weight excluding hydrogens is 478 g/mol. The van der Waals surface area contributed by atoms with Crippen molar-refractivity contribution in [2.24, 2.45) is 12.0 Å². The Balaban J connectivity index is 1.33. The van der Waals surface area contributed by atoms with Crippen LogP contribution in [0.2, 0.25) is 0 Å².